The predicted molar refractivity (Wildman–Crippen MR) is 159 cm³/mol. The molecule has 3 heterocycles. The highest BCUT2D eigenvalue weighted by Gasteiger charge is 2.34. The molecule has 0 spiro atoms. The van der Waals surface area contributed by atoms with Crippen LogP contribution in [0.2, 0.25) is 0 Å². The Hall–Kier alpha value is -4.42. The maximum Gasteiger partial charge on any atom is 0.341 e. The number of aromatic nitrogens is 2. The number of rotatable bonds is 9. The molecule has 1 saturated heterocycles. The van der Waals surface area contributed by atoms with Crippen LogP contribution in [0.4, 0.5) is 11.5 Å². The standard InChI is InChI=1S/C30H32N4O7S/c1-4-40-29(35)25-26(30(36)41-5-2)28-23(20-9-7-6-8-10-20)19-24(33-15-17-39-18-16-33)31-34(28)27(25)21-11-13-22(14-12-21)32-42(3,37)38/h6-14,19,32H,4-5,15-18H2,1-3H3. The van der Waals surface area contributed by atoms with Crippen LogP contribution in [-0.2, 0) is 24.2 Å². The van der Waals surface area contributed by atoms with Crippen LogP contribution in [0, 0.1) is 0 Å². The molecule has 42 heavy (non-hydrogen) atoms. The summed E-state index contributed by atoms with van der Waals surface area (Å²) in [5, 5.41) is 4.97. The number of sulfonamides is 1. The number of benzene rings is 2. The second-order valence-corrected chi connectivity index (χ2v) is 11.4. The van der Waals surface area contributed by atoms with E-state index in [-0.39, 0.29) is 24.3 Å². The van der Waals surface area contributed by atoms with Crippen LogP contribution in [0.1, 0.15) is 34.6 Å². The van der Waals surface area contributed by atoms with E-state index in [0.717, 1.165) is 11.8 Å². The van der Waals surface area contributed by atoms with E-state index in [0.29, 0.717) is 60.1 Å². The van der Waals surface area contributed by atoms with Crippen LogP contribution in [0.25, 0.3) is 27.9 Å². The highest BCUT2D eigenvalue weighted by molar-refractivity contribution is 7.92. The average Bonchev–Trinajstić information content (AvgIpc) is 3.33. The van der Waals surface area contributed by atoms with Gasteiger partial charge in [-0.25, -0.2) is 22.5 Å². The van der Waals surface area contributed by atoms with Crippen molar-refractivity contribution in [3.63, 3.8) is 0 Å². The molecule has 1 fully saturated rings. The van der Waals surface area contributed by atoms with Gasteiger partial charge in [0.05, 0.1) is 43.9 Å². The number of carbonyl (C=O) groups is 2. The molecule has 0 aliphatic carbocycles. The Bertz CT molecular complexity index is 1710. The highest BCUT2D eigenvalue weighted by atomic mass is 32.2. The van der Waals surface area contributed by atoms with Crippen molar-refractivity contribution >= 4 is 39.0 Å². The van der Waals surface area contributed by atoms with Gasteiger partial charge in [0.15, 0.2) is 0 Å². The Balaban J connectivity index is 1.88. The molecular formula is C30H32N4O7S. The summed E-state index contributed by atoms with van der Waals surface area (Å²) in [4.78, 5) is 29.4. The molecule has 0 bridgehead atoms. The second kappa shape index (κ2) is 12.2. The fourth-order valence-corrected chi connectivity index (χ4v) is 5.57. The van der Waals surface area contributed by atoms with E-state index in [1.54, 1.807) is 42.6 Å². The largest absolute Gasteiger partial charge is 0.462 e. The molecule has 5 rings (SSSR count). The second-order valence-electron chi connectivity index (χ2n) is 9.63. The quantitative estimate of drug-likeness (QED) is 0.284. The smallest absolute Gasteiger partial charge is 0.341 e. The van der Waals surface area contributed by atoms with Crippen LogP contribution in [0.15, 0.2) is 60.7 Å². The van der Waals surface area contributed by atoms with Gasteiger partial charge in [0.2, 0.25) is 10.0 Å². The van der Waals surface area contributed by atoms with Crippen LogP contribution < -0.4 is 9.62 Å². The lowest BCUT2D eigenvalue weighted by Crippen LogP contribution is -2.37. The normalized spacial score (nSPS) is 13.6. The molecule has 0 radical (unpaired) electrons. The number of esters is 2. The molecule has 1 aliphatic heterocycles. The highest BCUT2D eigenvalue weighted by Crippen LogP contribution is 2.39. The molecule has 0 atom stereocenters. The minimum absolute atomic E-state index is 0.0166. The minimum atomic E-state index is -3.50. The number of hydrogen-bond donors (Lipinski definition) is 1. The Labute approximate surface area is 244 Å². The van der Waals surface area contributed by atoms with E-state index in [9.17, 15) is 18.0 Å². The summed E-state index contributed by atoms with van der Waals surface area (Å²) in [6, 6.07) is 18.0. The monoisotopic (exact) mass is 592 g/mol. The number of nitrogens with one attached hydrogen (secondary N) is 1. The van der Waals surface area contributed by atoms with Gasteiger partial charge in [0, 0.05) is 29.9 Å². The van der Waals surface area contributed by atoms with Crippen LogP contribution >= 0.6 is 0 Å². The zero-order valence-corrected chi connectivity index (χ0v) is 24.4. The summed E-state index contributed by atoms with van der Waals surface area (Å²) in [5.41, 5.74) is 3.15. The van der Waals surface area contributed by atoms with Gasteiger partial charge in [-0.15, -0.1) is 5.10 Å². The summed E-state index contributed by atoms with van der Waals surface area (Å²) in [6.45, 7) is 5.87. The van der Waals surface area contributed by atoms with E-state index < -0.39 is 22.0 Å². The summed E-state index contributed by atoms with van der Waals surface area (Å²) in [5.74, 6) is -0.744. The molecule has 1 aliphatic rings. The summed E-state index contributed by atoms with van der Waals surface area (Å²) in [6.07, 6.45) is 1.06. The van der Waals surface area contributed by atoms with E-state index >= 15 is 0 Å². The number of fused-ring (bicyclic) bond motifs is 1. The Morgan fingerprint density at radius 2 is 1.52 bits per heavy atom. The SMILES string of the molecule is CCOC(=O)c1c(C(=O)OCC)c2c(-c3ccccc3)cc(N3CCOCC3)nn2c1-c1ccc(NS(C)(=O)=O)cc1. The van der Waals surface area contributed by atoms with Gasteiger partial charge >= 0.3 is 11.9 Å². The lowest BCUT2D eigenvalue weighted by atomic mass is 10.0. The fourth-order valence-electron chi connectivity index (χ4n) is 5.00. The molecule has 2 aromatic heterocycles. The first-order valence-corrected chi connectivity index (χ1v) is 15.5. The molecule has 0 unspecified atom stereocenters. The Morgan fingerprint density at radius 1 is 0.905 bits per heavy atom. The molecule has 11 nitrogen and oxygen atoms in total. The lowest BCUT2D eigenvalue weighted by Gasteiger charge is -2.28. The first kappa shape index (κ1) is 29.1. The molecule has 0 amide bonds. The fraction of sp³-hybridized carbons (Fsp3) is 0.300. The maximum atomic E-state index is 13.6. The number of anilines is 2. The van der Waals surface area contributed by atoms with Crippen molar-refractivity contribution in [1.82, 2.24) is 9.61 Å². The van der Waals surface area contributed by atoms with Gasteiger partial charge in [0.25, 0.3) is 0 Å². The third-order valence-corrected chi connectivity index (χ3v) is 7.33. The Kier molecular flexibility index (Phi) is 8.46. The van der Waals surface area contributed by atoms with Gasteiger partial charge in [-0.05, 0) is 37.6 Å². The van der Waals surface area contributed by atoms with Gasteiger partial charge in [-0.2, -0.15) is 0 Å². The number of nitrogens with zero attached hydrogens (tertiary/aromatic N) is 3. The first-order valence-electron chi connectivity index (χ1n) is 13.6. The maximum absolute atomic E-state index is 13.6. The van der Waals surface area contributed by atoms with Crippen molar-refractivity contribution in [2.24, 2.45) is 0 Å². The number of carbonyl (C=O) groups excluding carboxylic acids is 2. The van der Waals surface area contributed by atoms with Gasteiger partial charge < -0.3 is 19.1 Å². The zero-order chi connectivity index (χ0) is 29.9. The molecular weight excluding hydrogens is 560 g/mol. The molecule has 12 heteroatoms. The lowest BCUT2D eigenvalue weighted by molar-refractivity contribution is 0.0482. The first-order chi connectivity index (χ1) is 20.2. The van der Waals surface area contributed by atoms with Crippen molar-refractivity contribution in [2.75, 3.05) is 55.4 Å². The van der Waals surface area contributed by atoms with Crippen LogP contribution in [-0.4, -0.2) is 75.7 Å². The Morgan fingerprint density at radius 3 is 2.12 bits per heavy atom. The van der Waals surface area contributed by atoms with Crippen molar-refractivity contribution in [2.45, 2.75) is 13.8 Å². The van der Waals surface area contributed by atoms with Crippen LogP contribution in [0.3, 0.4) is 0 Å². The molecule has 2 aromatic carbocycles. The van der Waals surface area contributed by atoms with Crippen molar-refractivity contribution in [3.8, 4) is 22.4 Å². The average molecular weight is 593 g/mol. The van der Waals surface area contributed by atoms with Crippen molar-refractivity contribution in [3.05, 3.63) is 71.8 Å². The van der Waals surface area contributed by atoms with E-state index in [1.165, 1.54) is 0 Å². The third-order valence-electron chi connectivity index (χ3n) is 6.72. The molecule has 0 saturated carbocycles. The predicted octanol–water partition coefficient (Wildman–Crippen LogP) is 4.23. The summed E-state index contributed by atoms with van der Waals surface area (Å²) in [7, 11) is -3.50. The number of morpholine rings is 1. The van der Waals surface area contributed by atoms with E-state index in [4.69, 9.17) is 19.3 Å². The van der Waals surface area contributed by atoms with Gasteiger partial charge in [0.1, 0.15) is 16.9 Å². The summed E-state index contributed by atoms with van der Waals surface area (Å²) < 4.78 is 44.1. The summed E-state index contributed by atoms with van der Waals surface area (Å²) >= 11 is 0. The molecule has 1 N–H and O–H groups in total. The van der Waals surface area contributed by atoms with Crippen LogP contribution in [0.5, 0.6) is 0 Å². The van der Waals surface area contributed by atoms with Gasteiger partial charge in [-0.1, -0.05) is 42.5 Å². The zero-order valence-electron chi connectivity index (χ0n) is 23.6. The van der Waals surface area contributed by atoms with Gasteiger partial charge in [-0.3, -0.25) is 4.72 Å². The molecule has 220 valence electrons. The number of ether oxygens (including phenoxy) is 3. The third kappa shape index (κ3) is 5.95. The molecule has 4 aromatic rings. The minimum Gasteiger partial charge on any atom is -0.462 e. The van der Waals surface area contributed by atoms with E-state index in [1.807, 2.05) is 36.4 Å². The number of hydrogen-bond acceptors (Lipinski definition) is 9. The topological polar surface area (TPSA) is 129 Å². The van der Waals surface area contributed by atoms with Crippen molar-refractivity contribution < 1.29 is 32.2 Å². The van der Waals surface area contributed by atoms with Crippen molar-refractivity contribution in [1.29, 1.82) is 0 Å². The van der Waals surface area contributed by atoms with E-state index in [2.05, 4.69) is 9.62 Å².